The zero-order valence-corrected chi connectivity index (χ0v) is 19.6. The fraction of sp³-hybridized carbons (Fsp3) is 0.440. The van der Waals surface area contributed by atoms with Crippen molar-refractivity contribution in [2.45, 2.75) is 25.8 Å². The number of nitrogens with zero attached hydrogens (tertiary/aromatic N) is 7. The second kappa shape index (κ2) is 8.95. The summed E-state index contributed by atoms with van der Waals surface area (Å²) in [6, 6.07) is 4.49. The number of aromatic nitrogens is 4. The van der Waals surface area contributed by atoms with Crippen LogP contribution in [0.3, 0.4) is 0 Å². The van der Waals surface area contributed by atoms with Crippen LogP contribution in [0, 0.1) is 24.2 Å². The number of pyridine rings is 1. The van der Waals surface area contributed by atoms with E-state index in [4.69, 9.17) is 9.84 Å². The first-order valence-corrected chi connectivity index (χ1v) is 11.7. The zero-order valence-electron chi connectivity index (χ0n) is 19.6. The van der Waals surface area contributed by atoms with Crippen molar-refractivity contribution in [3.05, 3.63) is 48.6 Å². The Labute approximate surface area is 198 Å². The predicted molar refractivity (Wildman–Crippen MR) is 127 cm³/mol. The number of piperidine rings is 1. The summed E-state index contributed by atoms with van der Waals surface area (Å²) in [6.07, 6.45) is 8.90. The van der Waals surface area contributed by atoms with Crippen LogP contribution in [-0.4, -0.2) is 74.9 Å². The molecule has 176 valence electrons. The molecule has 0 unspecified atom stereocenters. The van der Waals surface area contributed by atoms with E-state index in [0.29, 0.717) is 28.8 Å². The number of hydrogen-bond acceptors (Lipinski definition) is 6. The maximum absolute atomic E-state index is 11.6. The molecule has 0 aliphatic carbocycles. The van der Waals surface area contributed by atoms with Crippen LogP contribution in [-0.2, 0) is 4.79 Å². The van der Waals surface area contributed by atoms with Crippen molar-refractivity contribution >= 4 is 11.4 Å². The number of carbonyl (C=O) groups excluding carboxylic acids is 1. The normalized spacial score (nSPS) is 17.5. The number of hydrogen-bond donors (Lipinski definition) is 0. The number of ether oxygens (including phenoxy) is 1. The molecule has 0 atom stereocenters. The number of fused-ring (bicyclic) bond motifs is 1. The minimum Gasteiger partial charge on any atom is -0.494 e. The third kappa shape index (κ3) is 3.84. The first-order chi connectivity index (χ1) is 16.5. The van der Waals surface area contributed by atoms with Gasteiger partial charge in [-0.1, -0.05) is 6.58 Å². The van der Waals surface area contributed by atoms with Gasteiger partial charge in [0.05, 0.1) is 25.5 Å². The lowest BCUT2D eigenvalue weighted by Crippen LogP contribution is -2.54. The van der Waals surface area contributed by atoms with Gasteiger partial charge in [0.25, 0.3) is 0 Å². The molecular formula is C25H29N7O2. The van der Waals surface area contributed by atoms with E-state index in [2.05, 4.69) is 34.3 Å². The molecule has 0 saturated carbocycles. The van der Waals surface area contributed by atoms with Gasteiger partial charge in [-0.15, -0.1) is 0 Å². The molecule has 2 aliphatic heterocycles. The molecule has 5 heterocycles. The average Bonchev–Trinajstić information content (AvgIpc) is 3.43. The average molecular weight is 460 g/mol. The van der Waals surface area contributed by atoms with Crippen molar-refractivity contribution in [2.24, 2.45) is 5.92 Å². The summed E-state index contributed by atoms with van der Waals surface area (Å²) in [7, 11) is 1.61. The highest BCUT2D eigenvalue weighted by Gasteiger charge is 2.32. The first-order valence-electron chi connectivity index (χ1n) is 11.7. The van der Waals surface area contributed by atoms with E-state index >= 15 is 0 Å². The standard InChI is InChI=1S/C25H29N7O2/c1-4-24(33)30-14-18(15-30)13-29-7-5-21(6-8-29)32-17(2)22(12-28-32)19-9-23(34-3)25-20(10-26)11-27-31(25)16-19/h4,9,11-12,16,18,21H,1,5-8,13-15H2,2-3H3. The van der Waals surface area contributed by atoms with Gasteiger partial charge in [0.1, 0.15) is 22.9 Å². The lowest BCUT2D eigenvalue weighted by molar-refractivity contribution is -0.132. The van der Waals surface area contributed by atoms with Crippen LogP contribution >= 0.6 is 0 Å². The number of nitriles is 1. The van der Waals surface area contributed by atoms with Gasteiger partial charge in [-0.05, 0) is 31.9 Å². The van der Waals surface area contributed by atoms with Gasteiger partial charge in [-0.2, -0.15) is 15.5 Å². The minimum atomic E-state index is 0.0368. The third-order valence-electron chi connectivity index (χ3n) is 7.14. The number of methoxy groups -OCH3 is 1. The van der Waals surface area contributed by atoms with E-state index in [1.165, 1.54) is 6.08 Å². The summed E-state index contributed by atoms with van der Waals surface area (Å²) in [5.74, 6) is 1.22. The molecule has 2 fully saturated rings. The largest absolute Gasteiger partial charge is 0.494 e. The third-order valence-corrected chi connectivity index (χ3v) is 7.14. The molecular weight excluding hydrogens is 430 g/mol. The van der Waals surface area contributed by atoms with Crippen molar-refractivity contribution in [3.8, 4) is 22.9 Å². The molecule has 0 bridgehead atoms. The molecule has 1 amide bonds. The molecule has 0 spiro atoms. The number of carbonyl (C=O) groups is 1. The second-order valence-electron chi connectivity index (χ2n) is 9.19. The summed E-state index contributed by atoms with van der Waals surface area (Å²) in [6.45, 7) is 10.5. The van der Waals surface area contributed by atoms with Gasteiger partial charge >= 0.3 is 0 Å². The van der Waals surface area contributed by atoms with Gasteiger partial charge in [-0.25, -0.2) is 4.52 Å². The van der Waals surface area contributed by atoms with Crippen LogP contribution in [0.15, 0.2) is 37.3 Å². The quantitative estimate of drug-likeness (QED) is 0.527. The number of likely N-dealkylation sites (tertiary alicyclic amines) is 2. The van der Waals surface area contributed by atoms with Crippen LogP contribution < -0.4 is 4.74 Å². The Morgan fingerprint density at radius 2 is 2.06 bits per heavy atom. The van der Waals surface area contributed by atoms with Gasteiger partial charge < -0.3 is 14.5 Å². The van der Waals surface area contributed by atoms with Crippen molar-refractivity contribution in [2.75, 3.05) is 39.8 Å². The Bertz CT molecular complexity index is 1270. The molecule has 3 aromatic rings. The lowest BCUT2D eigenvalue weighted by Gasteiger charge is -2.42. The summed E-state index contributed by atoms with van der Waals surface area (Å²) in [5, 5.41) is 18.4. The molecule has 0 aromatic carbocycles. The van der Waals surface area contributed by atoms with Crippen LogP contribution in [0.1, 0.15) is 30.1 Å². The van der Waals surface area contributed by atoms with Crippen LogP contribution in [0.5, 0.6) is 5.75 Å². The number of amides is 1. The molecule has 5 rings (SSSR count). The van der Waals surface area contributed by atoms with E-state index in [1.807, 2.05) is 23.4 Å². The molecule has 2 saturated heterocycles. The molecule has 34 heavy (non-hydrogen) atoms. The Balaban J connectivity index is 1.26. The van der Waals surface area contributed by atoms with Crippen molar-refractivity contribution in [3.63, 3.8) is 0 Å². The fourth-order valence-electron chi connectivity index (χ4n) is 5.25. The van der Waals surface area contributed by atoms with Gasteiger partial charge in [-0.3, -0.25) is 9.48 Å². The molecule has 0 radical (unpaired) electrons. The fourth-order valence-corrected chi connectivity index (χ4v) is 5.25. The van der Waals surface area contributed by atoms with E-state index in [0.717, 1.165) is 62.4 Å². The molecule has 9 heteroatoms. The van der Waals surface area contributed by atoms with E-state index < -0.39 is 0 Å². The Hall–Kier alpha value is -3.64. The summed E-state index contributed by atoms with van der Waals surface area (Å²) in [5.41, 5.74) is 4.28. The maximum atomic E-state index is 11.6. The molecule has 0 N–H and O–H groups in total. The molecule has 3 aromatic heterocycles. The highest BCUT2D eigenvalue weighted by Crippen LogP contribution is 2.33. The topological polar surface area (TPSA) is 91.7 Å². The summed E-state index contributed by atoms with van der Waals surface area (Å²) < 4.78 is 9.42. The van der Waals surface area contributed by atoms with Gasteiger partial charge in [0.2, 0.25) is 5.91 Å². The van der Waals surface area contributed by atoms with Gasteiger partial charge in [0.15, 0.2) is 0 Å². The minimum absolute atomic E-state index is 0.0368. The van der Waals surface area contributed by atoms with Crippen molar-refractivity contribution < 1.29 is 9.53 Å². The van der Waals surface area contributed by atoms with E-state index in [1.54, 1.807) is 17.8 Å². The number of rotatable bonds is 6. The van der Waals surface area contributed by atoms with Crippen LogP contribution in [0.4, 0.5) is 0 Å². The predicted octanol–water partition coefficient (Wildman–Crippen LogP) is 2.67. The summed E-state index contributed by atoms with van der Waals surface area (Å²) in [4.78, 5) is 16.0. The zero-order chi connectivity index (χ0) is 23.8. The first kappa shape index (κ1) is 22.2. The monoisotopic (exact) mass is 459 g/mol. The van der Waals surface area contributed by atoms with Crippen LogP contribution in [0.25, 0.3) is 16.6 Å². The maximum Gasteiger partial charge on any atom is 0.245 e. The second-order valence-corrected chi connectivity index (χ2v) is 9.19. The highest BCUT2D eigenvalue weighted by molar-refractivity contribution is 5.87. The van der Waals surface area contributed by atoms with Crippen molar-refractivity contribution in [1.82, 2.24) is 29.2 Å². The molecule has 9 nitrogen and oxygen atoms in total. The Morgan fingerprint density at radius 1 is 1.29 bits per heavy atom. The lowest BCUT2D eigenvalue weighted by atomic mass is 9.97. The van der Waals surface area contributed by atoms with Crippen molar-refractivity contribution in [1.29, 1.82) is 5.26 Å². The Kier molecular flexibility index (Phi) is 5.84. The Morgan fingerprint density at radius 3 is 2.74 bits per heavy atom. The molecule has 2 aliphatic rings. The summed E-state index contributed by atoms with van der Waals surface area (Å²) >= 11 is 0. The highest BCUT2D eigenvalue weighted by atomic mass is 16.5. The van der Waals surface area contributed by atoms with Gasteiger partial charge in [0, 0.05) is 61.7 Å². The smallest absolute Gasteiger partial charge is 0.245 e. The van der Waals surface area contributed by atoms with Crippen LogP contribution in [0.2, 0.25) is 0 Å². The SMILES string of the molecule is C=CC(=O)N1CC(CN2CCC(n3ncc(-c4cc(OC)c5c(C#N)cnn5c4)c3C)CC2)C1. The van der Waals surface area contributed by atoms with E-state index in [-0.39, 0.29) is 5.91 Å². The van der Waals surface area contributed by atoms with E-state index in [9.17, 15) is 10.1 Å².